The van der Waals surface area contributed by atoms with Crippen LogP contribution in [-0.4, -0.2) is 57.2 Å². The summed E-state index contributed by atoms with van der Waals surface area (Å²) in [7, 11) is -7.73. The Morgan fingerprint density at radius 1 is 0.633 bits per heavy atom. The number of hydrogen-bond acceptors (Lipinski definition) is 5. The molecule has 0 atom stereocenters. The predicted molar refractivity (Wildman–Crippen MR) is 137 cm³/mol. The molecule has 0 amide bonds. The standard InChI is InChI=1S/C20H36O5Si5/c1-28(2,19-13-9-7-10-14-19)21-17-26-23-24-30(5,6)25-27-18-22-29(3,4)20-15-11-8-12-16-20/h7-16H,17-18,26-27H2,1-6H3. The van der Waals surface area contributed by atoms with Crippen molar-refractivity contribution in [2.24, 2.45) is 0 Å². The van der Waals surface area contributed by atoms with Gasteiger partial charge in [-0.1, -0.05) is 60.7 Å². The van der Waals surface area contributed by atoms with Crippen LogP contribution < -0.4 is 10.4 Å². The summed E-state index contributed by atoms with van der Waals surface area (Å²) in [6, 6.07) is 20.9. The van der Waals surface area contributed by atoms with Crippen molar-refractivity contribution >= 4 is 55.1 Å². The van der Waals surface area contributed by atoms with Crippen molar-refractivity contribution in [3.63, 3.8) is 0 Å². The molecule has 0 aromatic heterocycles. The third-order valence-corrected chi connectivity index (χ3v) is 16.3. The normalized spacial score (nSPS) is 13.7. The Kier molecular flexibility index (Phi) is 10.1. The molecule has 2 aromatic carbocycles. The Morgan fingerprint density at radius 3 is 1.53 bits per heavy atom. The van der Waals surface area contributed by atoms with E-state index in [1.165, 1.54) is 10.4 Å². The second-order valence-corrected chi connectivity index (χ2v) is 22.4. The first-order chi connectivity index (χ1) is 14.1. The minimum atomic E-state index is -2.27. The fourth-order valence-corrected chi connectivity index (χ4v) is 14.1. The van der Waals surface area contributed by atoms with Gasteiger partial charge in [-0.15, -0.1) is 0 Å². The van der Waals surface area contributed by atoms with Crippen LogP contribution in [0.5, 0.6) is 0 Å². The van der Waals surface area contributed by atoms with Crippen molar-refractivity contribution < 1.29 is 22.1 Å². The molecule has 5 nitrogen and oxygen atoms in total. The molecule has 0 aliphatic heterocycles. The molecule has 2 aromatic rings. The average Bonchev–Trinajstić information content (AvgIpc) is 2.72. The van der Waals surface area contributed by atoms with Gasteiger partial charge in [0.15, 0.2) is 9.76 Å². The second-order valence-electron chi connectivity index (χ2n) is 8.60. The van der Waals surface area contributed by atoms with Crippen molar-refractivity contribution in [3.05, 3.63) is 60.7 Å². The summed E-state index contributed by atoms with van der Waals surface area (Å²) in [5.41, 5.74) is 0. The van der Waals surface area contributed by atoms with Crippen LogP contribution in [0.2, 0.25) is 39.3 Å². The van der Waals surface area contributed by atoms with Crippen LogP contribution in [0.4, 0.5) is 0 Å². The average molecular weight is 497 g/mol. The van der Waals surface area contributed by atoms with Gasteiger partial charge in [-0.05, 0) is 49.7 Å². The van der Waals surface area contributed by atoms with Crippen LogP contribution in [0.15, 0.2) is 60.7 Å². The van der Waals surface area contributed by atoms with Crippen LogP contribution in [-0.2, 0) is 22.1 Å². The third kappa shape index (κ3) is 8.82. The first-order valence-corrected chi connectivity index (χ1v) is 22.2. The van der Waals surface area contributed by atoms with Gasteiger partial charge in [0.05, 0.1) is 6.23 Å². The number of benzene rings is 2. The first kappa shape index (κ1) is 25.6. The quantitative estimate of drug-likeness (QED) is 0.184. The lowest BCUT2D eigenvalue weighted by Gasteiger charge is -2.26. The molecular formula is C20H36O5Si5. The highest BCUT2D eigenvalue weighted by molar-refractivity contribution is 6.85. The number of hydrogen-bond donors (Lipinski definition) is 0. The van der Waals surface area contributed by atoms with Gasteiger partial charge in [0.1, 0.15) is 0 Å². The van der Waals surface area contributed by atoms with Crippen LogP contribution >= 0.6 is 0 Å². The maximum Gasteiger partial charge on any atom is 0.357 e. The monoisotopic (exact) mass is 496 g/mol. The zero-order chi connectivity index (χ0) is 22.1. The van der Waals surface area contributed by atoms with Crippen molar-refractivity contribution in [2.75, 3.05) is 12.5 Å². The minimum Gasteiger partial charge on any atom is -0.438 e. The minimum absolute atomic E-state index is 0.649. The van der Waals surface area contributed by atoms with Crippen LogP contribution in [0.25, 0.3) is 0 Å². The zero-order valence-electron chi connectivity index (χ0n) is 19.1. The molecule has 0 unspecified atom stereocenters. The van der Waals surface area contributed by atoms with E-state index in [2.05, 4.69) is 74.7 Å². The molecule has 0 radical (unpaired) electrons. The summed E-state index contributed by atoms with van der Waals surface area (Å²) >= 11 is 0. The summed E-state index contributed by atoms with van der Waals surface area (Å²) in [6.07, 6.45) is 1.35. The molecule has 10 heteroatoms. The van der Waals surface area contributed by atoms with E-state index in [4.69, 9.17) is 22.1 Å². The Hall–Kier alpha value is -0.676. The topological polar surface area (TPSA) is 46.2 Å². The van der Waals surface area contributed by atoms with Crippen LogP contribution in [0, 0.1) is 0 Å². The molecule has 0 saturated carbocycles. The molecule has 30 heavy (non-hydrogen) atoms. The Balaban J connectivity index is 1.62. The predicted octanol–water partition coefficient (Wildman–Crippen LogP) is 1.99. The highest BCUT2D eigenvalue weighted by atomic mass is 28.4. The summed E-state index contributed by atoms with van der Waals surface area (Å²) in [6.45, 7) is 12.9. The van der Waals surface area contributed by atoms with Gasteiger partial charge in [-0.2, -0.15) is 0 Å². The van der Waals surface area contributed by atoms with Gasteiger partial charge in [0, 0.05) is 6.23 Å². The third-order valence-electron chi connectivity index (χ3n) is 4.82. The molecule has 0 N–H and O–H groups in total. The van der Waals surface area contributed by atoms with Crippen LogP contribution in [0.3, 0.4) is 0 Å². The van der Waals surface area contributed by atoms with Gasteiger partial charge >= 0.3 is 8.56 Å². The second kappa shape index (κ2) is 11.8. The molecule has 0 aliphatic rings. The van der Waals surface area contributed by atoms with E-state index in [1.807, 2.05) is 25.2 Å². The van der Waals surface area contributed by atoms with E-state index in [-0.39, 0.29) is 0 Å². The molecule has 0 bridgehead atoms. The van der Waals surface area contributed by atoms with Crippen molar-refractivity contribution in [1.82, 2.24) is 0 Å². The lowest BCUT2D eigenvalue weighted by molar-refractivity contribution is -0.127. The maximum absolute atomic E-state index is 6.23. The maximum atomic E-state index is 6.23. The molecule has 0 spiro atoms. The van der Waals surface area contributed by atoms with Gasteiger partial charge < -0.3 is 17.5 Å². The number of rotatable bonds is 13. The van der Waals surface area contributed by atoms with Gasteiger partial charge in [-0.3, -0.25) is 4.58 Å². The fourth-order valence-electron chi connectivity index (χ4n) is 2.97. The first-order valence-electron chi connectivity index (χ1n) is 10.5. The molecule has 0 fully saturated rings. The fraction of sp³-hybridized carbons (Fsp3) is 0.400. The van der Waals surface area contributed by atoms with Crippen molar-refractivity contribution in [2.45, 2.75) is 39.3 Å². The molecule has 0 saturated heterocycles. The lowest BCUT2D eigenvalue weighted by Crippen LogP contribution is -2.47. The lowest BCUT2D eigenvalue weighted by atomic mass is 10.4. The summed E-state index contributed by atoms with van der Waals surface area (Å²) in [4.78, 5) is 0. The highest BCUT2D eigenvalue weighted by Crippen LogP contribution is 2.09. The van der Waals surface area contributed by atoms with E-state index in [0.29, 0.717) is 12.5 Å². The largest absolute Gasteiger partial charge is 0.438 e. The smallest absolute Gasteiger partial charge is 0.357 e. The summed E-state index contributed by atoms with van der Waals surface area (Å²) < 4.78 is 29.7. The Bertz CT molecular complexity index is 744. The van der Waals surface area contributed by atoms with Crippen molar-refractivity contribution in [1.29, 1.82) is 0 Å². The Labute approximate surface area is 189 Å². The van der Waals surface area contributed by atoms with E-state index in [1.54, 1.807) is 0 Å². The summed E-state index contributed by atoms with van der Waals surface area (Å²) in [5.74, 6) is 0. The molecule has 0 aliphatic carbocycles. The summed E-state index contributed by atoms with van der Waals surface area (Å²) in [5, 5.41) is 2.61. The van der Waals surface area contributed by atoms with Gasteiger partial charge in [0.2, 0.25) is 26.4 Å². The van der Waals surface area contributed by atoms with Gasteiger partial charge in [0.25, 0.3) is 0 Å². The van der Waals surface area contributed by atoms with E-state index >= 15 is 0 Å². The molecular weight excluding hydrogens is 461 g/mol. The molecule has 166 valence electrons. The van der Waals surface area contributed by atoms with Crippen molar-refractivity contribution in [3.8, 4) is 0 Å². The molecule has 2 rings (SSSR count). The highest BCUT2D eigenvalue weighted by Gasteiger charge is 2.29. The molecule has 0 heterocycles. The van der Waals surface area contributed by atoms with Gasteiger partial charge in [-0.25, -0.2) is 0 Å². The van der Waals surface area contributed by atoms with Crippen LogP contribution in [0.1, 0.15) is 0 Å². The van der Waals surface area contributed by atoms with E-state index in [0.717, 1.165) is 0 Å². The Morgan fingerprint density at radius 2 is 1.07 bits per heavy atom. The van der Waals surface area contributed by atoms with E-state index in [9.17, 15) is 0 Å². The SMILES string of the molecule is C[Si](C)(OO[SiH2]CO[Si](C)(C)c1ccccc1)O[SiH2]CO[Si](C)(C)c1ccccc1. The zero-order valence-corrected chi connectivity index (χ0v) is 25.0. The van der Waals surface area contributed by atoms with E-state index < -0.39 is 44.7 Å².